The Morgan fingerprint density at radius 1 is 1.04 bits per heavy atom. The first-order chi connectivity index (χ1) is 11.6. The molecular formula is C18H22N2O4. The highest BCUT2D eigenvalue weighted by atomic mass is 16.5. The number of benzene rings is 1. The molecular weight excluding hydrogens is 308 g/mol. The molecule has 1 aliphatic rings. The molecule has 6 heteroatoms. The quantitative estimate of drug-likeness (QED) is 0.771. The van der Waals surface area contributed by atoms with Crippen molar-refractivity contribution in [3.8, 4) is 23.3 Å². The van der Waals surface area contributed by atoms with Gasteiger partial charge in [-0.15, -0.1) is 0 Å². The van der Waals surface area contributed by atoms with E-state index < -0.39 is 0 Å². The van der Waals surface area contributed by atoms with Gasteiger partial charge in [0.2, 0.25) is 5.91 Å². The fourth-order valence-corrected chi connectivity index (χ4v) is 2.62. The van der Waals surface area contributed by atoms with Gasteiger partial charge in [-0.3, -0.25) is 9.59 Å². The van der Waals surface area contributed by atoms with Crippen molar-refractivity contribution in [2.75, 3.05) is 40.4 Å². The standard InChI is InChI=1S/C18H22N2O4/c1-4-5-17(21)19-8-10-20(11-9-19)18(22)13-14-6-7-15(23-2)16(12-14)24-3/h6-7,12H,8-11,13H2,1-3H3. The highest BCUT2D eigenvalue weighted by molar-refractivity contribution is 5.93. The van der Waals surface area contributed by atoms with Gasteiger partial charge in [-0.25, -0.2) is 0 Å². The first-order valence-corrected chi connectivity index (χ1v) is 7.79. The normalized spacial score (nSPS) is 13.8. The van der Waals surface area contributed by atoms with E-state index in [1.807, 2.05) is 12.1 Å². The minimum absolute atomic E-state index is 0.0379. The third-order valence-electron chi connectivity index (χ3n) is 3.95. The van der Waals surface area contributed by atoms with E-state index in [-0.39, 0.29) is 11.8 Å². The van der Waals surface area contributed by atoms with Crippen molar-refractivity contribution in [1.82, 2.24) is 9.80 Å². The van der Waals surface area contributed by atoms with Gasteiger partial charge in [0.15, 0.2) is 11.5 Å². The molecule has 0 bridgehead atoms. The molecule has 2 rings (SSSR count). The molecule has 0 atom stereocenters. The van der Waals surface area contributed by atoms with Crippen molar-refractivity contribution < 1.29 is 19.1 Å². The van der Waals surface area contributed by atoms with Crippen LogP contribution in [0.5, 0.6) is 11.5 Å². The number of nitrogens with zero attached hydrogens (tertiary/aromatic N) is 2. The van der Waals surface area contributed by atoms with E-state index in [9.17, 15) is 9.59 Å². The van der Waals surface area contributed by atoms with Crippen LogP contribution in [0.1, 0.15) is 12.5 Å². The van der Waals surface area contributed by atoms with Crippen LogP contribution in [-0.4, -0.2) is 62.0 Å². The maximum absolute atomic E-state index is 12.4. The van der Waals surface area contributed by atoms with E-state index in [0.717, 1.165) is 5.56 Å². The second-order valence-electron chi connectivity index (χ2n) is 5.41. The van der Waals surface area contributed by atoms with Crippen LogP contribution in [0, 0.1) is 11.8 Å². The summed E-state index contributed by atoms with van der Waals surface area (Å²) in [4.78, 5) is 27.6. The average molecular weight is 330 g/mol. The van der Waals surface area contributed by atoms with Crippen molar-refractivity contribution in [2.24, 2.45) is 0 Å². The maximum Gasteiger partial charge on any atom is 0.298 e. The zero-order valence-corrected chi connectivity index (χ0v) is 14.3. The summed E-state index contributed by atoms with van der Waals surface area (Å²) in [5.74, 6) is 6.24. The Hall–Kier alpha value is -2.68. The number of ether oxygens (including phenoxy) is 2. The van der Waals surface area contributed by atoms with Gasteiger partial charge in [0.1, 0.15) is 0 Å². The molecule has 1 aromatic rings. The van der Waals surface area contributed by atoms with E-state index in [1.165, 1.54) is 0 Å². The first kappa shape index (κ1) is 17.7. The topological polar surface area (TPSA) is 59.1 Å². The van der Waals surface area contributed by atoms with Crippen LogP contribution < -0.4 is 9.47 Å². The number of piperazine rings is 1. The molecule has 24 heavy (non-hydrogen) atoms. The number of hydrogen-bond donors (Lipinski definition) is 0. The number of carbonyl (C=O) groups excluding carboxylic acids is 2. The SMILES string of the molecule is CC#CC(=O)N1CCN(C(=O)Cc2ccc(OC)c(OC)c2)CC1. The number of carbonyl (C=O) groups is 2. The molecule has 1 saturated heterocycles. The first-order valence-electron chi connectivity index (χ1n) is 7.79. The summed E-state index contributed by atoms with van der Waals surface area (Å²) < 4.78 is 10.5. The summed E-state index contributed by atoms with van der Waals surface area (Å²) >= 11 is 0. The fraction of sp³-hybridized carbons (Fsp3) is 0.444. The maximum atomic E-state index is 12.4. The van der Waals surface area contributed by atoms with Crippen LogP contribution in [0.4, 0.5) is 0 Å². The summed E-state index contributed by atoms with van der Waals surface area (Å²) in [7, 11) is 3.14. The third kappa shape index (κ3) is 4.19. The summed E-state index contributed by atoms with van der Waals surface area (Å²) in [6.45, 7) is 3.74. The van der Waals surface area contributed by atoms with Gasteiger partial charge in [0.05, 0.1) is 20.6 Å². The molecule has 0 aliphatic carbocycles. The second-order valence-corrected chi connectivity index (χ2v) is 5.41. The largest absolute Gasteiger partial charge is 0.493 e. The van der Waals surface area contributed by atoms with Gasteiger partial charge < -0.3 is 19.3 Å². The molecule has 0 N–H and O–H groups in total. The van der Waals surface area contributed by atoms with Crippen LogP contribution in [0.15, 0.2) is 18.2 Å². The number of rotatable bonds is 4. The van der Waals surface area contributed by atoms with Crippen LogP contribution in [-0.2, 0) is 16.0 Å². The van der Waals surface area contributed by atoms with Gasteiger partial charge >= 0.3 is 0 Å². The molecule has 1 aliphatic heterocycles. The zero-order chi connectivity index (χ0) is 17.5. The van der Waals surface area contributed by atoms with E-state index in [1.54, 1.807) is 37.0 Å². The van der Waals surface area contributed by atoms with Crippen molar-refractivity contribution in [1.29, 1.82) is 0 Å². The molecule has 0 aromatic heterocycles. The summed E-state index contributed by atoms with van der Waals surface area (Å²) in [5.41, 5.74) is 0.869. The Morgan fingerprint density at radius 2 is 1.67 bits per heavy atom. The molecule has 0 radical (unpaired) electrons. The van der Waals surface area contributed by atoms with E-state index in [0.29, 0.717) is 44.1 Å². The Labute approximate surface area is 142 Å². The summed E-state index contributed by atoms with van der Waals surface area (Å²) in [6, 6.07) is 5.46. The van der Waals surface area contributed by atoms with Gasteiger partial charge in [0.25, 0.3) is 5.91 Å². The van der Waals surface area contributed by atoms with E-state index in [4.69, 9.17) is 9.47 Å². The minimum atomic E-state index is -0.176. The van der Waals surface area contributed by atoms with Gasteiger partial charge in [-0.2, -0.15) is 0 Å². The zero-order valence-electron chi connectivity index (χ0n) is 14.3. The molecule has 1 aromatic carbocycles. The Balaban J connectivity index is 1.94. The lowest BCUT2D eigenvalue weighted by atomic mass is 10.1. The molecule has 0 spiro atoms. The molecule has 128 valence electrons. The highest BCUT2D eigenvalue weighted by Crippen LogP contribution is 2.27. The highest BCUT2D eigenvalue weighted by Gasteiger charge is 2.23. The van der Waals surface area contributed by atoms with E-state index in [2.05, 4.69) is 11.8 Å². The second kappa shape index (κ2) is 8.25. The smallest absolute Gasteiger partial charge is 0.298 e. The Morgan fingerprint density at radius 3 is 2.25 bits per heavy atom. The molecule has 1 heterocycles. The molecule has 6 nitrogen and oxygen atoms in total. The number of methoxy groups -OCH3 is 2. The minimum Gasteiger partial charge on any atom is -0.493 e. The molecule has 1 fully saturated rings. The van der Waals surface area contributed by atoms with E-state index >= 15 is 0 Å². The monoisotopic (exact) mass is 330 g/mol. The van der Waals surface area contributed by atoms with Crippen molar-refractivity contribution in [3.63, 3.8) is 0 Å². The van der Waals surface area contributed by atoms with Crippen LogP contribution in [0.2, 0.25) is 0 Å². The third-order valence-corrected chi connectivity index (χ3v) is 3.95. The number of hydrogen-bond acceptors (Lipinski definition) is 4. The van der Waals surface area contributed by atoms with Crippen LogP contribution in [0.3, 0.4) is 0 Å². The van der Waals surface area contributed by atoms with Crippen molar-refractivity contribution >= 4 is 11.8 Å². The predicted molar refractivity (Wildman–Crippen MR) is 89.9 cm³/mol. The lowest BCUT2D eigenvalue weighted by molar-refractivity contribution is -0.136. The Kier molecular flexibility index (Phi) is 6.07. The van der Waals surface area contributed by atoms with Gasteiger partial charge in [-0.05, 0) is 30.5 Å². The average Bonchev–Trinajstić information content (AvgIpc) is 2.61. The lowest BCUT2D eigenvalue weighted by Gasteiger charge is -2.33. The molecule has 2 amide bonds. The number of amides is 2. The lowest BCUT2D eigenvalue weighted by Crippen LogP contribution is -2.50. The molecule has 0 unspecified atom stereocenters. The van der Waals surface area contributed by atoms with Gasteiger partial charge in [0, 0.05) is 26.2 Å². The van der Waals surface area contributed by atoms with Crippen LogP contribution in [0.25, 0.3) is 0 Å². The van der Waals surface area contributed by atoms with Crippen LogP contribution >= 0.6 is 0 Å². The Bertz CT molecular complexity index is 667. The van der Waals surface area contributed by atoms with Gasteiger partial charge in [-0.1, -0.05) is 12.0 Å². The predicted octanol–water partition coefficient (Wildman–Crippen LogP) is 0.940. The van der Waals surface area contributed by atoms with Crippen molar-refractivity contribution in [2.45, 2.75) is 13.3 Å². The van der Waals surface area contributed by atoms with Crippen molar-refractivity contribution in [3.05, 3.63) is 23.8 Å². The summed E-state index contributed by atoms with van der Waals surface area (Å²) in [5, 5.41) is 0. The fourth-order valence-electron chi connectivity index (χ4n) is 2.62. The summed E-state index contributed by atoms with van der Waals surface area (Å²) in [6.07, 6.45) is 0.295. The molecule has 0 saturated carbocycles.